The van der Waals surface area contributed by atoms with Crippen LogP contribution in [0.15, 0.2) is 24.3 Å². The van der Waals surface area contributed by atoms with Gasteiger partial charge in [0, 0.05) is 11.7 Å². The van der Waals surface area contributed by atoms with E-state index in [2.05, 4.69) is 20.6 Å². The number of anilines is 2. The number of aryl methyl sites for hydroxylation is 2. The molecule has 0 unspecified atom stereocenters. The number of nitrogens with zero attached hydrogens (tertiary/aromatic N) is 2. The van der Waals surface area contributed by atoms with E-state index in [-0.39, 0.29) is 5.91 Å². The van der Waals surface area contributed by atoms with Gasteiger partial charge < -0.3 is 15.4 Å². The highest BCUT2D eigenvalue weighted by Gasteiger charge is 2.16. The summed E-state index contributed by atoms with van der Waals surface area (Å²) in [5, 5.41) is 6.33. The van der Waals surface area contributed by atoms with Gasteiger partial charge in [0.15, 0.2) is 0 Å². The molecule has 2 aromatic rings. The van der Waals surface area contributed by atoms with Crippen molar-refractivity contribution in [2.75, 3.05) is 17.7 Å². The number of methoxy groups -OCH3 is 1. The van der Waals surface area contributed by atoms with Crippen LogP contribution in [-0.2, 0) is 0 Å². The molecule has 0 aliphatic heterocycles. The fourth-order valence-corrected chi connectivity index (χ4v) is 3.46. The first-order chi connectivity index (χ1) is 13.0. The summed E-state index contributed by atoms with van der Waals surface area (Å²) in [7, 11) is 1.59. The van der Waals surface area contributed by atoms with Gasteiger partial charge in [0.2, 0.25) is 5.95 Å². The first-order valence-corrected chi connectivity index (χ1v) is 9.63. The van der Waals surface area contributed by atoms with E-state index in [1.807, 2.05) is 32.0 Å². The summed E-state index contributed by atoms with van der Waals surface area (Å²) in [6, 6.07) is 7.75. The maximum absolute atomic E-state index is 12.8. The number of benzene rings is 1. The summed E-state index contributed by atoms with van der Waals surface area (Å²) in [5.41, 5.74) is 2.79. The number of carbonyl (C=O) groups excluding carboxylic acids is 1. The first-order valence-electron chi connectivity index (χ1n) is 9.63. The maximum atomic E-state index is 12.8. The highest BCUT2D eigenvalue weighted by Crippen LogP contribution is 2.26. The van der Waals surface area contributed by atoms with Gasteiger partial charge in [0.1, 0.15) is 11.4 Å². The molecule has 1 aliphatic carbocycles. The number of amides is 1. The first kappa shape index (κ1) is 19.1. The minimum Gasteiger partial charge on any atom is -0.495 e. The second kappa shape index (κ2) is 8.84. The quantitative estimate of drug-likeness (QED) is 0.761. The highest BCUT2D eigenvalue weighted by atomic mass is 16.5. The second-order valence-electron chi connectivity index (χ2n) is 7.21. The third-order valence-corrected chi connectivity index (χ3v) is 4.88. The minimum atomic E-state index is -0.270. The van der Waals surface area contributed by atoms with Crippen LogP contribution in [0.25, 0.3) is 0 Å². The van der Waals surface area contributed by atoms with Gasteiger partial charge in [-0.15, -0.1) is 0 Å². The molecule has 1 aromatic carbocycles. The van der Waals surface area contributed by atoms with Crippen LogP contribution in [0.3, 0.4) is 0 Å². The minimum absolute atomic E-state index is 0.270. The molecule has 0 bridgehead atoms. The molecule has 27 heavy (non-hydrogen) atoms. The van der Waals surface area contributed by atoms with Gasteiger partial charge in [-0.25, -0.2) is 9.97 Å². The van der Waals surface area contributed by atoms with E-state index in [0.717, 1.165) is 24.1 Å². The van der Waals surface area contributed by atoms with Crippen LogP contribution in [0.4, 0.5) is 11.6 Å². The molecule has 6 nitrogen and oxygen atoms in total. The molecule has 1 saturated carbocycles. The molecule has 0 saturated heterocycles. The molecule has 6 heteroatoms. The van der Waals surface area contributed by atoms with E-state index >= 15 is 0 Å². The van der Waals surface area contributed by atoms with E-state index < -0.39 is 0 Å². The van der Waals surface area contributed by atoms with Crippen LogP contribution >= 0.6 is 0 Å². The van der Waals surface area contributed by atoms with Crippen LogP contribution in [0.5, 0.6) is 5.75 Å². The summed E-state index contributed by atoms with van der Waals surface area (Å²) in [4.78, 5) is 21.7. The van der Waals surface area contributed by atoms with Gasteiger partial charge in [-0.3, -0.25) is 4.79 Å². The predicted molar refractivity (Wildman–Crippen MR) is 108 cm³/mol. The molecule has 1 aromatic heterocycles. The molecule has 1 amide bonds. The lowest BCUT2D eigenvalue weighted by molar-refractivity contribution is 0.102. The molecule has 0 spiro atoms. The SMILES string of the molecule is COc1ccc(C)cc1NC(=O)c1cc(C)nc(NC2CCCCCC2)n1. The topological polar surface area (TPSA) is 76.1 Å². The molecule has 0 atom stereocenters. The highest BCUT2D eigenvalue weighted by molar-refractivity contribution is 6.04. The number of rotatable bonds is 5. The van der Waals surface area contributed by atoms with Crippen molar-refractivity contribution in [3.05, 3.63) is 41.2 Å². The molecule has 1 fully saturated rings. The third kappa shape index (κ3) is 5.18. The molecular formula is C21H28N4O2. The number of hydrogen-bond donors (Lipinski definition) is 2. The van der Waals surface area contributed by atoms with Gasteiger partial charge in [0.05, 0.1) is 12.8 Å². The van der Waals surface area contributed by atoms with Gasteiger partial charge >= 0.3 is 0 Å². The Morgan fingerprint density at radius 1 is 1.07 bits per heavy atom. The average Bonchev–Trinajstić information content (AvgIpc) is 2.90. The Morgan fingerprint density at radius 2 is 1.81 bits per heavy atom. The Kier molecular flexibility index (Phi) is 6.27. The summed E-state index contributed by atoms with van der Waals surface area (Å²) < 4.78 is 5.34. The lowest BCUT2D eigenvalue weighted by Gasteiger charge is -2.17. The normalized spacial score (nSPS) is 15.1. The number of nitrogens with one attached hydrogen (secondary N) is 2. The van der Waals surface area contributed by atoms with Crippen LogP contribution in [0.1, 0.15) is 60.3 Å². The fourth-order valence-electron chi connectivity index (χ4n) is 3.46. The zero-order chi connectivity index (χ0) is 19.2. The van der Waals surface area contributed by atoms with Crippen molar-refractivity contribution in [1.82, 2.24) is 9.97 Å². The van der Waals surface area contributed by atoms with E-state index in [9.17, 15) is 4.79 Å². The standard InChI is InChI=1S/C21H28N4O2/c1-14-10-11-19(27-3)17(12-14)24-20(26)18-13-15(2)22-21(25-18)23-16-8-6-4-5-7-9-16/h10-13,16H,4-9H2,1-3H3,(H,24,26)(H,22,23,25). The summed E-state index contributed by atoms with van der Waals surface area (Å²) in [6.45, 7) is 3.85. The van der Waals surface area contributed by atoms with E-state index in [1.165, 1.54) is 25.7 Å². The van der Waals surface area contributed by atoms with E-state index in [0.29, 0.717) is 29.1 Å². The average molecular weight is 368 g/mol. The van der Waals surface area contributed by atoms with Gasteiger partial charge in [0.25, 0.3) is 5.91 Å². The fraction of sp³-hybridized carbons (Fsp3) is 0.476. The van der Waals surface area contributed by atoms with Gasteiger partial charge in [-0.1, -0.05) is 31.7 Å². The molecule has 2 N–H and O–H groups in total. The monoisotopic (exact) mass is 368 g/mol. The van der Waals surface area contributed by atoms with Crippen molar-refractivity contribution in [2.45, 2.75) is 58.4 Å². The maximum Gasteiger partial charge on any atom is 0.274 e. The Balaban J connectivity index is 1.77. The largest absolute Gasteiger partial charge is 0.495 e. The zero-order valence-corrected chi connectivity index (χ0v) is 16.3. The van der Waals surface area contributed by atoms with Gasteiger partial charge in [-0.2, -0.15) is 0 Å². The summed E-state index contributed by atoms with van der Waals surface area (Å²) >= 11 is 0. The van der Waals surface area contributed by atoms with Crippen molar-refractivity contribution in [3.8, 4) is 5.75 Å². The number of hydrogen-bond acceptors (Lipinski definition) is 5. The molecule has 144 valence electrons. The summed E-state index contributed by atoms with van der Waals surface area (Å²) in [5.74, 6) is 0.883. The van der Waals surface area contributed by atoms with E-state index in [1.54, 1.807) is 13.2 Å². The molecule has 0 radical (unpaired) electrons. The lowest BCUT2D eigenvalue weighted by Crippen LogP contribution is -2.22. The summed E-state index contributed by atoms with van der Waals surface area (Å²) in [6.07, 6.45) is 7.28. The number of carbonyl (C=O) groups is 1. The Morgan fingerprint density at radius 3 is 2.52 bits per heavy atom. The predicted octanol–water partition coefficient (Wildman–Crippen LogP) is 4.49. The Bertz CT molecular complexity index is 799. The number of aromatic nitrogens is 2. The zero-order valence-electron chi connectivity index (χ0n) is 16.3. The molecule has 1 heterocycles. The van der Waals surface area contributed by atoms with Crippen LogP contribution < -0.4 is 15.4 Å². The number of ether oxygens (including phenoxy) is 1. The van der Waals surface area contributed by atoms with Crippen LogP contribution in [0, 0.1) is 13.8 Å². The van der Waals surface area contributed by atoms with Gasteiger partial charge in [-0.05, 0) is 50.5 Å². The molecule has 1 aliphatic rings. The third-order valence-electron chi connectivity index (χ3n) is 4.88. The lowest BCUT2D eigenvalue weighted by atomic mass is 10.1. The Labute approximate surface area is 160 Å². The van der Waals surface area contributed by atoms with Crippen LogP contribution in [-0.4, -0.2) is 29.0 Å². The van der Waals surface area contributed by atoms with Crippen molar-refractivity contribution in [2.24, 2.45) is 0 Å². The Hall–Kier alpha value is -2.63. The van der Waals surface area contributed by atoms with Crippen molar-refractivity contribution in [1.29, 1.82) is 0 Å². The van der Waals surface area contributed by atoms with Crippen molar-refractivity contribution < 1.29 is 9.53 Å². The molecule has 3 rings (SSSR count). The molecular weight excluding hydrogens is 340 g/mol. The van der Waals surface area contributed by atoms with Crippen molar-refractivity contribution >= 4 is 17.5 Å². The second-order valence-corrected chi connectivity index (χ2v) is 7.21. The van der Waals surface area contributed by atoms with Crippen LogP contribution in [0.2, 0.25) is 0 Å². The smallest absolute Gasteiger partial charge is 0.274 e. The van der Waals surface area contributed by atoms with Crippen molar-refractivity contribution in [3.63, 3.8) is 0 Å². The van der Waals surface area contributed by atoms with E-state index in [4.69, 9.17) is 4.74 Å².